The molecule has 1 unspecified atom stereocenters. The van der Waals surface area contributed by atoms with Gasteiger partial charge in [-0.25, -0.2) is 0 Å². The first-order valence-electron chi connectivity index (χ1n) is 9.91. The average Bonchev–Trinajstić information content (AvgIpc) is 3.33. The van der Waals surface area contributed by atoms with E-state index in [2.05, 4.69) is 10.6 Å². The molecule has 0 saturated heterocycles. The number of benzene rings is 3. The zero-order valence-corrected chi connectivity index (χ0v) is 20.3. The van der Waals surface area contributed by atoms with E-state index in [0.29, 0.717) is 26.3 Å². The monoisotopic (exact) mass is 512 g/mol. The number of thiophene rings is 1. The second-order valence-corrected chi connectivity index (χ2v) is 10.0. The lowest BCUT2D eigenvalue weighted by Gasteiger charge is -2.18. The van der Waals surface area contributed by atoms with Crippen molar-refractivity contribution in [2.75, 3.05) is 10.6 Å². The van der Waals surface area contributed by atoms with Crippen LogP contribution in [0.4, 0.5) is 11.4 Å². The third-order valence-corrected chi connectivity index (χ3v) is 7.11. The molecule has 4 rings (SSSR count). The third-order valence-electron chi connectivity index (χ3n) is 4.56. The SMILES string of the molecule is O=C(Nc1cccc(SC(C(=O)Nc2cc(Cl)cc(Cl)c2)c2ccccc2)c1)c1cccs1. The first-order valence-corrected chi connectivity index (χ1v) is 12.4. The Morgan fingerprint density at radius 1 is 0.788 bits per heavy atom. The topological polar surface area (TPSA) is 58.2 Å². The molecule has 4 nitrogen and oxygen atoms in total. The van der Waals surface area contributed by atoms with Gasteiger partial charge < -0.3 is 10.6 Å². The van der Waals surface area contributed by atoms with Crippen LogP contribution in [0.3, 0.4) is 0 Å². The Bertz CT molecular complexity index is 1240. The van der Waals surface area contributed by atoms with Gasteiger partial charge >= 0.3 is 0 Å². The predicted octanol–water partition coefficient (Wildman–Crippen LogP) is 7.78. The van der Waals surface area contributed by atoms with Crippen LogP contribution in [0, 0.1) is 0 Å². The summed E-state index contributed by atoms with van der Waals surface area (Å²) in [6.45, 7) is 0. The number of anilines is 2. The number of thioether (sulfide) groups is 1. The molecular formula is C25H18Cl2N2O2S2. The van der Waals surface area contributed by atoms with E-state index in [0.717, 1.165) is 10.5 Å². The molecule has 0 saturated carbocycles. The van der Waals surface area contributed by atoms with Gasteiger partial charge in [-0.15, -0.1) is 23.1 Å². The Morgan fingerprint density at radius 3 is 2.24 bits per heavy atom. The van der Waals surface area contributed by atoms with Gasteiger partial charge in [-0.2, -0.15) is 0 Å². The minimum Gasteiger partial charge on any atom is -0.325 e. The van der Waals surface area contributed by atoms with Gasteiger partial charge in [-0.05, 0) is 53.4 Å². The lowest BCUT2D eigenvalue weighted by atomic mass is 10.1. The molecule has 0 aliphatic heterocycles. The maximum absolute atomic E-state index is 13.3. The van der Waals surface area contributed by atoms with Crippen LogP contribution in [0.2, 0.25) is 10.0 Å². The maximum Gasteiger partial charge on any atom is 0.265 e. The van der Waals surface area contributed by atoms with Crippen LogP contribution in [0.5, 0.6) is 0 Å². The van der Waals surface area contributed by atoms with Gasteiger partial charge in [0.1, 0.15) is 5.25 Å². The van der Waals surface area contributed by atoms with Gasteiger partial charge in [-0.3, -0.25) is 9.59 Å². The minimum atomic E-state index is -0.535. The van der Waals surface area contributed by atoms with Gasteiger partial charge in [0, 0.05) is 26.3 Å². The number of carbonyl (C=O) groups is 2. The van der Waals surface area contributed by atoms with E-state index in [4.69, 9.17) is 23.2 Å². The summed E-state index contributed by atoms with van der Waals surface area (Å²) >= 11 is 14.9. The molecular weight excluding hydrogens is 495 g/mol. The molecule has 0 bridgehead atoms. The Morgan fingerprint density at radius 2 is 1.55 bits per heavy atom. The molecule has 33 heavy (non-hydrogen) atoms. The van der Waals surface area contributed by atoms with Crippen molar-refractivity contribution >= 4 is 69.5 Å². The molecule has 0 spiro atoms. The first-order chi connectivity index (χ1) is 16.0. The molecule has 8 heteroatoms. The summed E-state index contributed by atoms with van der Waals surface area (Å²) in [4.78, 5) is 27.1. The molecule has 0 aliphatic rings. The lowest BCUT2D eigenvalue weighted by Crippen LogP contribution is -2.19. The van der Waals surface area contributed by atoms with Gasteiger partial charge in [-0.1, -0.05) is 65.7 Å². The van der Waals surface area contributed by atoms with E-state index >= 15 is 0 Å². The lowest BCUT2D eigenvalue weighted by molar-refractivity contribution is -0.115. The van der Waals surface area contributed by atoms with Crippen molar-refractivity contribution in [3.05, 3.63) is 111 Å². The number of nitrogens with one attached hydrogen (secondary N) is 2. The smallest absolute Gasteiger partial charge is 0.265 e. The van der Waals surface area contributed by atoms with Crippen molar-refractivity contribution < 1.29 is 9.59 Å². The quantitative estimate of drug-likeness (QED) is 0.248. The third kappa shape index (κ3) is 6.39. The first kappa shape index (κ1) is 23.4. The zero-order valence-electron chi connectivity index (χ0n) is 17.1. The number of carbonyl (C=O) groups excluding carboxylic acids is 2. The van der Waals surface area contributed by atoms with E-state index in [1.807, 2.05) is 66.0 Å². The highest BCUT2D eigenvalue weighted by atomic mass is 35.5. The van der Waals surface area contributed by atoms with Gasteiger partial charge in [0.25, 0.3) is 5.91 Å². The van der Waals surface area contributed by atoms with Crippen LogP contribution in [0.1, 0.15) is 20.5 Å². The number of amides is 2. The van der Waals surface area contributed by atoms with Gasteiger partial charge in [0.05, 0.1) is 4.88 Å². The van der Waals surface area contributed by atoms with E-state index in [9.17, 15) is 9.59 Å². The highest BCUT2D eigenvalue weighted by molar-refractivity contribution is 8.00. The molecule has 3 aromatic carbocycles. The van der Waals surface area contributed by atoms with Crippen LogP contribution < -0.4 is 10.6 Å². The zero-order chi connectivity index (χ0) is 23.2. The molecule has 1 heterocycles. The van der Waals surface area contributed by atoms with Crippen molar-refractivity contribution in [3.8, 4) is 0 Å². The largest absolute Gasteiger partial charge is 0.325 e. The van der Waals surface area contributed by atoms with E-state index < -0.39 is 5.25 Å². The minimum absolute atomic E-state index is 0.165. The Hall–Kier alpha value is -2.77. The Balaban J connectivity index is 1.56. The highest BCUT2D eigenvalue weighted by Crippen LogP contribution is 2.37. The van der Waals surface area contributed by atoms with Gasteiger partial charge in [0.15, 0.2) is 0 Å². The van der Waals surface area contributed by atoms with Crippen molar-refractivity contribution in [1.29, 1.82) is 0 Å². The standard InChI is InChI=1S/C25H18Cl2N2O2S2/c26-17-12-18(27)14-20(13-17)29-25(31)23(16-6-2-1-3-7-16)33-21-9-4-8-19(15-21)28-24(30)22-10-5-11-32-22/h1-15,23H,(H,28,30)(H,29,31). The molecule has 166 valence electrons. The van der Waals surface area contributed by atoms with Gasteiger partial charge in [0.2, 0.25) is 5.91 Å². The van der Waals surface area contributed by atoms with Crippen molar-refractivity contribution in [2.45, 2.75) is 10.1 Å². The van der Waals surface area contributed by atoms with Crippen molar-refractivity contribution in [3.63, 3.8) is 0 Å². The summed E-state index contributed by atoms with van der Waals surface area (Å²) in [5.41, 5.74) is 2.03. The Labute approximate surface area is 209 Å². The van der Waals surface area contributed by atoms with Crippen LogP contribution in [0.15, 0.2) is 95.2 Å². The molecule has 0 radical (unpaired) electrons. The molecule has 4 aromatic rings. The van der Waals surface area contributed by atoms with Crippen LogP contribution in [-0.2, 0) is 4.79 Å². The van der Waals surface area contributed by atoms with Crippen LogP contribution in [0.25, 0.3) is 0 Å². The molecule has 2 amide bonds. The fourth-order valence-corrected chi connectivity index (χ4v) is 5.35. The van der Waals surface area contributed by atoms with Crippen LogP contribution in [-0.4, -0.2) is 11.8 Å². The second kappa shape index (κ2) is 10.9. The predicted molar refractivity (Wildman–Crippen MR) is 139 cm³/mol. The Kier molecular flexibility index (Phi) is 7.73. The molecule has 2 N–H and O–H groups in total. The number of rotatable bonds is 7. The fraction of sp³-hybridized carbons (Fsp3) is 0.0400. The summed E-state index contributed by atoms with van der Waals surface area (Å²) in [6.07, 6.45) is 0. The van der Waals surface area contributed by atoms with Crippen molar-refractivity contribution in [1.82, 2.24) is 0 Å². The summed E-state index contributed by atoms with van der Waals surface area (Å²) in [5, 5.41) is 8.02. The molecule has 1 aromatic heterocycles. The number of hydrogen-bond acceptors (Lipinski definition) is 4. The average molecular weight is 513 g/mol. The fourth-order valence-electron chi connectivity index (χ4n) is 3.12. The highest BCUT2D eigenvalue weighted by Gasteiger charge is 2.23. The maximum atomic E-state index is 13.3. The molecule has 0 fully saturated rings. The van der Waals surface area contributed by atoms with E-state index in [1.54, 1.807) is 24.3 Å². The van der Waals surface area contributed by atoms with Crippen LogP contribution >= 0.6 is 46.3 Å². The van der Waals surface area contributed by atoms with Crippen molar-refractivity contribution in [2.24, 2.45) is 0 Å². The molecule has 0 aliphatic carbocycles. The normalized spacial score (nSPS) is 11.6. The summed E-state index contributed by atoms with van der Waals surface area (Å²) in [6, 6.07) is 25.5. The summed E-state index contributed by atoms with van der Waals surface area (Å²) in [5.74, 6) is -0.375. The number of hydrogen-bond donors (Lipinski definition) is 2. The van der Waals surface area contributed by atoms with E-state index in [-0.39, 0.29) is 11.8 Å². The summed E-state index contributed by atoms with van der Waals surface area (Å²) in [7, 11) is 0. The molecule has 1 atom stereocenters. The van der Waals surface area contributed by atoms with E-state index in [1.165, 1.54) is 23.1 Å². The second-order valence-electron chi connectivity index (χ2n) is 7.02. The summed E-state index contributed by atoms with van der Waals surface area (Å²) < 4.78 is 0. The number of halogens is 2.